The minimum absolute atomic E-state index is 0.298. The average molecular weight is 416 g/mol. The van der Waals surface area contributed by atoms with Gasteiger partial charge in [-0.05, 0) is 29.5 Å². The normalized spacial score (nSPS) is 15.7. The van der Waals surface area contributed by atoms with Crippen LogP contribution in [-0.2, 0) is 27.8 Å². The van der Waals surface area contributed by atoms with Crippen molar-refractivity contribution in [3.05, 3.63) is 71.3 Å². The van der Waals surface area contributed by atoms with Gasteiger partial charge < -0.3 is 5.32 Å². The van der Waals surface area contributed by atoms with Crippen molar-refractivity contribution < 1.29 is 13.2 Å². The molecule has 0 unspecified atom stereocenters. The van der Waals surface area contributed by atoms with Crippen LogP contribution in [0.1, 0.15) is 29.2 Å². The fraction of sp³-hybridized carbons (Fsp3) is 0.409. The van der Waals surface area contributed by atoms with Gasteiger partial charge in [0.2, 0.25) is 15.9 Å². The number of nitrogens with one attached hydrogen (secondary N) is 1. The number of sulfonamides is 1. The van der Waals surface area contributed by atoms with Crippen molar-refractivity contribution in [2.24, 2.45) is 0 Å². The summed E-state index contributed by atoms with van der Waals surface area (Å²) >= 11 is 0. The minimum atomic E-state index is -3.51. The molecule has 0 aliphatic carbocycles. The molecule has 1 amide bonds. The average Bonchev–Trinajstić information content (AvgIpc) is 2.71. The molecule has 0 spiro atoms. The van der Waals surface area contributed by atoms with E-state index in [-0.39, 0.29) is 5.91 Å². The lowest BCUT2D eigenvalue weighted by Gasteiger charge is -2.29. The van der Waals surface area contributed by atoms with Gasteiger partial charge in [0.25, 0.3) is 0 Å². The molecule has 3 rings (SSSR count). The zero-order valence-electron chi connectivity index (χ0n) is 17.0. The lowest BCUT2D eigenvalue weighted by molar-refractivity contribution is -0.124. The number of benzene rings is 2. The van der Waals surface area contributed by atoms with E-state index < -0.39 is 16.1 Å². The fourth-order valence-electron chi connectivity index (χ4n) is 3.71. The van der Waals surface area contributed by atoms with Crippen LogP contribution in [0.25, 0.3) is 0 Å². The minimum Gasteiger partial charge on any atom is -0.354 e. The van der Waals surface area contributed by atoms with Crippen molar-refractivity contribution in [3.8, 4) is 0 Å². The van der Waals surface area contributed by atoms with Crippen LogP contribution < -0.4 is 5.32 Å². The van der Waals surface area contributed by atoms with Crippen LogP contribution in [-0.4, -0.2) is 56.5 Å². The SMILES string of the molecule is CN([C@@H](C(=O)NCCCN1CCc2ccccc2C1)c1ccccc1)S(C)(=O)=O. The Hall–Kier alpha value is -2.22. The maximum atomic E-state index is 12.8. The highest BCUT2D eigenvalue weighted by molar-refractivity contribution is 7.88. The van der Waals surface area contributed by atoms with Gasteiger partial charge in [0.1, 0.15) is 6.04 Å². The lowest BCUT2D eigenvalue weighted by atomic mass is 10.00. The molecule has 0 saturated heterocycles. The third kappa shape index (κ3) is 5.65. The van der Waals surface area contributed by atoms with Gasteiger partial charge in [0, 0.05) is 33.2 Å². The first-order valence-electron chi connectivity index (χ1n) is 9.91. The molecular weight excluding hydrogens is 386 g/mol. The monoisotopic (exact) mass is 415 g/mol. The summed E-state index contributed by atoms with van der Waals surface area (Å²) in [6, 6.07) is 16.7. The van der Waals surface area contributed by atoms with Crippen molar-refractivity contribution in [3.63, 3.8) is 0 Å². The maximum absolute atomic E-state index is 12.8. The van der Waals surface area contributed by atoms with Crippen molar-refractivity contribution >= 4 is 15.9 Å². The predicted octanol–water partition coefficient (Wildman–Crippen LogP) is 2.18. The van der Waals surface area contributed by atoms with Gasteiger partial charge in [0.15, 0.2) is 0 Å². The molecule has 29 heavy (non-hydrogen) atoms. The molecule has 1 aliphatic rings. The first kappa shape index (κ1) is 21.5. The number of likely N-dealkylation sites (N-methyl/N-ethyl adjacent to an activating group) is 1. The highest BCUT2D eigenvalue weighted by Crippen LogP contribution is 2.22. The van der Waals surface area contributed by atoms with E-state index in [9.17, 15) is 13.2 Å². The smallest absolute Gasteiger partial charge is 0.242 e. The molecule has 0 bridgehead atoms. The van der Waals surface area contributed by atoms with E-state index in [1.807, 2.05) is 6.07 Å². The molecule has 2 aromatic carbocycles. The standard InChI is InChI=1S/C22H29N3O3S/c1-24(29(2,27)28)21(19-10-4-3-5-11-19)22(26)23-14-8-15-25-16-13-18-9-6-7-12-20(18)17-25/h3-7,9-12,21H,8,13-17H2,1-2H3,(H,23,26)/t21-/m1/s1. The summed E-state index contributed by atoms with van der Waals surface area (Å²) in [5, 5.41) is 2.92. The number of nitrogens with zero attached hydrogens (tertiary/aromatic N) is 2. The number of carbonyl (C=O) groups excluding carboxylic acids is 1. The Bertz CT molecular complexity index is 931. The van der Waals surface area contributed by atoms with Crippen molar-refractivity contribution in [2.45, 2.75) is 25.4 Å². The Labute approximate surface area is 173 Å². The summed E-state index contributed by atoms with van der Waals surface area (Å²) in [5.74, 6) is -0.298. The van der Waals surface area contributed by atoms with E-state index in [1.54, 1.807) is 24.3 Å². The first-order valence-corrected chi connectivity index (χ1v) is 11.8. The van der Waals surface area contributed by atoms with Crippen LogP contribution in [0, 0.1) is 0 Å². The Morgan fingerprint density at radius 1 is 1.10 bits per heavy atom. The van der Waals surface area contributed by atoms with Gasteiger partial charge in [-0.15, -0.1) is 0 Å². The fourth-order valence-corrected chi connectivity index (χ4v) is 4.31. The van der Waals surface area contributed by atoms with Gasteiger partial charge in [-0.3, -0.25) is 9.69 Å². The maximum Gasteiger partial charge on any atom is 0.242 e. The molecule has 0 saturated carbocycles. The number of amides is 1. The van der Waals surface area contributed by atoms with Crippen molar-refractivity contribution in [2.75, 3.05) is 32.9 Å². The highest BCUT2D eigenvalue weighted by atomic mass is 32.2. The Morgan fingerprint density at radius 2 is 1.76 bits per heavy atom. The second kappa shape index (κ2) is 9.52. The van der Waals surface area contributed by atoms with E-state index in [0.717, 1.165) is 43.0 Å². The van der Waals surface area contributed by atoms with Crippen molar-refractivity contribution in [1.29, 1.82) is 0 Å². The third-order valence-electron chi connectivity index (χ3n) is 5.41. The Balaban J connectivity index is 1.54. The molecule has 7 heteroatoms. The third-order valence-corrected chi connectivity index (χ3v) is 6.67. The molecule has 1 aliphatic heterocycles. The molecule has 156 valence electrons. The largest absolute Gasteiger partial charge is 0.354 e. The number of fused-ring (bicyclic) bond motifs is 1. The van der Waals surface area contributed by atoms with Gasteiger partial charge in [-0.25, -0.2) is 8.42 Å². The number of rotatable bonds is 8. The highest BCUT2D eigenvalue weighted by Gasteiger charge is 2.30. The van der Waals surface area contributed by atoms with Gasteiger partial charge >= 0.3 is 0 Å². The molecule has 0 radical (unpaired) electrons. The summed E-state index contributed by atoms with van der Waals surface area (Å²) in [4.78, 5) is 15.2. The molecule has 2 aromatic rings. The number of hydrogen-bond acceptors (Lipinski definition) is 4. The number of carbonyl (C=O) groups is 1. The van der Waals surface area contributed by atoms with E-state index in [4.69, 9.17) is 0 Å². The van der Waals surface area contributed by atoms with E-state index >= 15 is 0 Å². The summed E-state index contributed by atoms with van der Waals surface area (Å²) in [5.41, 5.74) is 3.46. The molecule has 0 aromatic heterocycles. The van der Waals surface area contributed by atoms with Crippen LogP contribution in [0.5, 0.6) is 0 Å². The Kier molecular flexibility index (Phi) is 7.05. The molecule has 1 heterocycles. The summed E-state index contributed by atoms with van der Waals surface area (Å²) in [7, 11) is -2.06. The molecule has 1 atom stereocenters. The lowest BCUT2D eigenvalue weighted by Crippen LogP contribution is -2.42. The van der Waals surface area contributed by atoms with Gasteiger partial charge in [-0.1, -0.05) is 54.6 Å². The zero-order valence-corrected chi connectivity index (χ0v) is 17.9. The zero-order chi connectivity index (χ0) is 20.9. The van der Waals surface area contributed by atoms with Crippen LogP contribution in [0.15, 0.2) is 54.6 Å². The van der Waals surface area contributed by atoms with Crippen LogP contribution in [0.4, 0.5) is 0 Å². The topological polar surface area (TPSA) is 69.7 Å². The van der Waals surface area contributed by atoms with E-state index in [2.05, 4.69) is 34.5 Å². The quantitative estimate of drug-likeness (QED) is 0.671. The van der Waals surface area contributed by atoms with Crippen molar-refractivity contribution in [1.82, 2.24) is 14.5 Å². The first-order chi connectivity index (χ1) is 13.9. The molecule has 1 N–H and O–H groups in total. The van der Waals surface area contributed by atoms with Crippen LogP contribution in [0.3, 0.4) is 0 Å². The van der Waals surface area contributed by atoms with Crippen LogP contribution in [0.2, 0.25) is 0 Å². The summed E-state index contributed by atoms with van der Waals surface area (Å²) < 4.78 is 25.2. The summed E-state index contributed by atoms with van der Waals surface area (Å²) in [6.45, 7) is 3.37. The predicted molar refractivity (Wildman–Crippen MR) is 115 cm³/mol. The van der Waals surface area contributed by atoms with Gasteiger partial charge in [-0.2, -0.15) is 4.31 Å². The summed E-state index contributed by atoms with van der Waals surface area (Å²) in [6.07, 6.45) is 2.99. The van der Waals surface area contributed by atoms with E-state index in [1.165, 1.54) is 18.2 Å². The second-order valence-electron chi connectivity index (χ2n) is 7.53. The molecular formula is C22H29N3O3S. The van der Waals surface area contributed by atoms with Crippen LogP contribution >= 0.6 is 0 Å². The number of hydrogen-bond donors (Lipinski definition) is 1. The van der Waals surface area contributed by atoms with Gasteiger partial charge in [0.05, 0.1) is 6.26 Å². The Morgan fingerprint density at radius 3 is 2.45 bits per heavy atom. The second-order valence-corrected chi connectivity index (χ2v) is 9.57. The molecule has 0 fully saturated rings. The molecule has 6 nitrogen and oxygen atoms in total. The van der Waals surface area contributed by atoms with E-state index in [0.29, 0.717) is 12.1 Å².